The van der Waals surface area contributed by atoms with Gasteiger partial charge < -0.3 is 0 Å². The summed E-state index contributed by atoms with van der Waals surface area (Å²) in [7, 11) is 0. The number of allylic oxidation sites excluding steroid dienone is 3. The third kappa shape index (κ3) is 2.16. The molecule has 0 heteroatoms. The molecular weight excluding hydrogens is 276 g/mol. The van der Waals surface area contributed by atoms with E-state index in [-0.39, 0.29) is 0 Å². The van der Waals surface area contributed by atoms with Gasteiger partial charge in [0.2, 0.25) is 0 Å². The van der Waals surface area contributed by atoms with Gasteiger partial charge in [-0.15, -0.1) is 0 Å². The molecule has 4 aliphatic carbocycles. The van der Waals surface area contributed by atoms with Crippen molar-refractivity contribution in [1.82, 2.24) is 0 Å². The van der Waals surface area contributed by atoms with Crippen LogP contribution in [0.2, 0.25) is 0 Å². The van der Waals surface area contributed by atoms with E-state index >= 15 is 0 Å². The van der Waals surface area contributed by atoms with Crippen molar-refractivity contribution < 1.29 is 0 Å². The highest BCUT2D eigenvalue weighted by Crippen LogP contribution is 2.75. The molecule has 4 rings (SSSR count). The van der Waals surface area contributed by atoms with Crippen LogP contribution in [0.3, 0.4) is 0 Å². The predicted octanol–water partition coefficient (Wildman–Crippen LogP) is 6.63. The molecule has 0 bridgehead atoms. The summed E-state index contributed by atoms with van der Waals surface area (Å²) >= 11 is 0. The maximum Gasteiger partial charge on any atom is -0.0169 e. The van der Waals surface area contributed by atoms with E-state index in [1.807, 2.05) is 6.08 Å². The fourth-order valence-corrected chi connectivity index (χ4v) is 7.92. The highest BCUT2D eigenvalue weighted by molar-refractivity contribution is 5.23. The Balaban J connectivity index is 1.65. The van der Waals surface area contributed by atoms with E-state index in [0.717, 1.165) is 46.8 Å². The lowest BCUT2D eigenvalue weighted by Gasteiger charge is -2.56. The van der Waals surface area contributed by atoms with Gasteiger partial charge in [0.05, 0.1) is 0 Å². The zero-order valence-electron chi connectivity index (χ0n) is 15.6. The third-order valence-electron chi connectivity index (χ3n) is 8.87. The SMILES string of the molecule is C=C/C=C1/CCC2C(CCC3(CC)C(C)C4CC4C23)C1CCC. The number of hydrogen-bond donors (Lipinski definition) is 0. The Morgan fingerprint density at radius 3 is 2.65 bits per heavy atom. The summed E-state index contributed by atoms with van der Waals surface area (Å²) in [6.45, 7) is 11.5. The van der Waals surface area contributed by atoms with Crippen molar-refractivity contribution in [3.8, 4) is 0 Å². The highest BCUT2D eigenvalue weighted by atomic mass is 14.7. The molecule has 0 saturated heterocycles. The molecule has 4 aliphatic rings. The van der Waals surface area contributed by atoms with E-state index in [4.69, 9.17) is 0 Å². The van der Waals surface area contributed by atoms with Crippen LogP contribution < -0.4 is 0 Å². The average molecular weight is 313 g/mol. The van der Waals surface area contributed by atoms with Gasteiger partial charge in [0.25, 0.3) is 0 Å². The molecule has 23 heavy (non-hydrogen) atoms. The van der Waals surface area contributed by atoms with Gasteiger partial charge in [-0.25, -0.2) is 0 Å². The molecule has 0 aliphatic heterocycles. The number of rotatable bonds is 4. The van der Waals surface area contributed by atoms with Gasteiger partial charge in [0.15, 0.2) is 0 Å². The first-order valence-electron chi connectivity index (χ1n) is 10.5. The smallest absolute Gasteiger partial charge is 0.0169 e. The topological polar surface area (TPSA) is 0 Å². The standard InChI is InChI=1S/C23H36/c1-5-8-16-10-11-19-18(17(16)9-6-2)12-13-23(7-3)15(4)20-14-21(20)22(19)23/h5,8,15,17-22H,1,6-7,9-14H2,2-4H3/b16-8-. The Morgan fingerprint density at radius 2 is 1.96 bits per heavy atom. The summed E-state index contributed by atoms with van der Waals surface area (Å²) in [4.78, 5) is 0. The van der Waals surface area contributed by atoms with Gasteiger partial charge in [-0.1, -0.05) is 51.5 Å². The van der Waals surface area contributed by atoms with Gasteiger partial charge in [-0.2, -0.15) is 0 Å². The second-order valence-electron chi connectivity index (χ2n) is 9.24. The zero-order valence-corrected chi connectivity index (χ0v) is 15.6. The normalized spacial score (nSPS) is 52.7. The lowest BCUT2D eigenvalue weighted by Crippen LogP contribution is -2.48. The molecule has 0 N–H and O–H groups in total. The summed E-state index contributed by atoms with van der Waals surface area (Å²) in [6.07, 6.45) is 16.1. The van der Waals surface area contributed by atoms with Crippen molar-refractivity contribution in [3.63, 3.8) is 0 Å². The van der Waals surface area contributed by atoms with Gasteiger partial charge >= 0.3 is 0 Å². The molecule has 4 saturated carbocycles. The summed E-state index contributed by atoms with van der Waals surface area (Å²) in [5.74, 6) is 7.22. The summed E-state index contributed by atoms with van der Waals surface area (Å²) in [6, 6.07) is 0. The van der Waals surface area contributed by atoms with Gasteiger partial charge in [-0.05, 0) is 91.8 Å². The zero-order chi connectivity index (χ0) is 16.2. The molecule has 4 fully saturated rings. The molecule has 8 atom stereocenters. The first kappa shape index (κ1) is 16.0. The van der Waals surface area contributed by atoms with Crippen LogP contribution >= 0.6 is 0 Å². The van der Waals surface area contributed by atoms with Crippen LogP contribution in [0.1, 0.15) is 72.1 Å². The second kappa shape index (κ2) is 5.78. The van der Waals surface area contributed by atoms with E-state index in [9.17, 15) is 0 Å². The molecule has 8 unspecified atom stereocenters. The molecule has 128 valence electrons. The maximum absolute atomic E-state index is 3.98. The Kier molecular flexibility index (Phi) is 4.01. The van der Waals surface area contributed by atoms with Crippen LogP contribution in [0.4, 0.5) is 0 Å². The Hall–Kier alpha value is -0.520. The minimum atomic E-state index is 0.727. The van der Waals surface area contributed by atoms with Crippen molar-refractivity contribution in [2.45, 2.75) is 72.1 Å². The highest BCUT2D eigenvalue weighted by Gasteiger charge is 2.68. The maximum atomic E-state index is 3.98. The first-order chi connectivity index (χ1) is 11.2. The quantitative estimate of drug-likeness (QED) is 0.546. The average Bonchev–Trinajstić information content (AvgIpc) is 3.31. The fourth-order valence-electron chi connectivity index (χ4n) is 7.92. The second-order valence-corrected chi connectivity index (χ2v) is 9.24. The van der Waals surface area contributed by atoms with Crippen LogP contribution in [-0.4, -0.2) is 0 Å². The fraction of sp³-hybridized carbons (Fsp3) is 0.826. The monoisotopic (exact) mass is 312 g/mol. The summed E-state index contributed by atoms with van der Waals surface area (Å²) in [5, 5.41) is 0. The molecule has 0 aromatic heterocycles. The Morgan fingerprint density at radius 1 is 1.13 bits per heavy atom. The third-order valence-corrected chi connectivity index (χ3v) is 8.87. The number of hydrogen-bond acceptors (Lipinski definition) is 0. The van der Waals surface area contributed by atoms with Crippen LogP contribution in [0.15, 0.2) is 24.3 Å². The van der Waals surface area contributed by atoms with Crippen molar-refractivity contribution >= 4 is 0 Å². The van der Waals surface area contributed by atoms with Crippen molar-refractivity contribution in [3.05, 3.63) is 24.3 Å². The van der Waals surface area contributed by atoms with Crippen molar-refractivity contribution in [1.29, 1.82) is 0 Å². The molecule has 0 aromatic rings. The van der Waals surface area contributed by atoms with E-state index in [0.29, 0.717) is 0 Å². The predicted molar refractivity (Wildman–Crippen MR) is 99.1 cm³/mol. The van der Waals surface area contributed by atoms with E-state index in [2.05, 4.69) is 33.4 Å². The minimum absolute atomic E-state index is 0.727. The van der Waals surface area contributed by atoms with Gasteiger partial charge in [0, 0.05) is 0 Å². The molecule has 0 aromatic carbocycles. The molecule has 0 radical (unpaired) electrons. The first-order valence-corrected chi connectivity index (χ1v) is 10.5. The van der Waals surface area contributed by atoms with Crippen molar-refractivity contribution in [2.24, 2.45) is 46.8 Å². The van der Waals surface area contributed by atoms with Gasteiger partial charge in [-0.3, -0.25) is 0 Å². The van der Waals surface area contributed by atoms with E-state index in [1.54, 1.807) is 12.0 Å². The largest absolute Gasteiger partial charge is 0.0991 e. The minimum Gasteiger partial charge on any atom is -0.0991 e. The summed E-state index contributed by atoms with van der Waals surface area (Å²) in [5.41, 5.74) is 2.47. The molecule has 0 spiro atoms. The molecule has 0 heterocycles. The lowest BCUT2D eigenvalue weighted by molar-refractivity contribution is -0.0496. The lowest BCUT2D eigenvalue weighted by atomic mass is 9.49. The van der Waals surface area contributed by atoms with Crippen molar-refractivity contribution in [2.75, 3.05) is 0 Å². The van der Waals surface area contributed by atoms with Crippen LogP contribution in [0, 0.1) is 46.8 Å². The Bertz CT molecular complexity index is 500. The number of fused-ring (bicyclic) bond motifs is 5. The molecule has 0 amide bonds. The van der Waals surface area contributed by atoms with Crippen LogP contribution in [-0.2, 0) is 0 Å². The molecule has 0 nitrogen and oxygen atoms in total. The van der Waals surface area contributed by atoms with Crippen LogP contribution in [0.25, 0.3) is 0 Å². The van der Waals surface area contributed by atoms with E-state index < -0.39 is 0 Å². The van der Waals surface area contributed by atoms with E-state index in [1.165, 1.54) is 44.9 Å². The summed E-state index contributed by atoms with van der Waals surface area (Å²) < 4.78 is 0. The molecular formula is C23H36. The Labute approximate surface area is 143 Å². The van der Waals surface area contributed by atoms with Crippen LogP contribution in [0.5, 0.6) is 0 Å². The van der Waals surface area contributed by atoms with Gasteiger partial charge in [0.1, 0.15) is 0 Å².